The van der Waals surface area contributed by atoms with Crippen LogP contribution in [-0.4, -0.2) is 5.16 Å². The molecule has 0 aliphatic carbocycles. The van der Waals surface area contributed by atoms with E-state index in [4.69, 9.17) is 15.0 Å². The molecule has 4 nitrogen and oxygen atoms in total. The predicted molar refractivity (Wildman–Crippen MR) is 59.9 cm³/mol. The molecule has 0 saturated heterocycles. The van der Waals surface area contributed by atoms with Crippen molar-refractivity contribution in [3.8, 4) is 5.75 Å². The van der Waals surface area contributed by atoms with Crippen LogP contribution in [-0.2, 0) is 13.2 Å². The Morgan fingerprint density at radius 2 is 2.18 bits per heavy atom. The first-order valence-corrected chi connectivity index (χ1v) is 5.22. The Morgan fingerprint density at radius 3 is 2.82 bits per heavy atom. The van der Waals surface area contributed by atoms with Gasteiger partial charge < -0.3 is 15.0 Å². The van der Waals surface area contributed by atoms with E-state index in [0.717, 1.165) is 0 Å². The molecule has 2 rings (SSSR count). The lowest BCUT2D eigenvalue weighted by Crippen LogP contribution is -2.00. The zero-order valence-corrected chi connectivity index (χ0v) is 9.44. The Kier molecular flexibility index (Phi) is 3.39. The van der Waals surface area contributed by atoms with Crippen LogP contribution in [0, 0.1) is 12.7 Å². The molecule has 90 valence electrons. The Morgan fingerprint density at radius 1 is 1.35 bits per heavy atom. The second kappa shape index (κ2) is 4.97. The summed E-state index contributed by atoms with van der Waals surface area (Å²) in [5.74, 6) is 0.788. The molecule has 0 unspecified atom stereocenters. The molecule has 2 aromatic rings. The van der Waals surface area contributed by atoms with E-state index in [1.54, 1.807) is 19.1 Å². The number of rotatable bonds is 4. The highest BCUT2D eigenvalue weighted by molar-refractivity contribution is 5.29. The van der Waals surface area contributed by atoms with Crippen LogP contribution in [0.15, 0.2) is 28.8 Å². The first-order valence-electron chi connectivity index (χ1n) is 5.22. The SMILES string of the molecule is Cc1cc(COc2cc(F)cc(CN)c2)no1. The maximum absolute atomic E-state index is 13.2. The number of aryl methyl sites for hydroxylation is 1. The number of nitrogens with zero attached hydrogens (tertiary/aromatic N) is 1. The number of benzene rings is 1. The van der Waals surface area contributed by atoms with Crippen LogP contribution in [0.1, 0.15) is 17.0 Å². The molecule has 5 heteroatoms. The summed E-state index contributed by atoms with van der Waals surface area (Å²) in [5.41, 5.74) is 6.81. The van der Waals surface area contributed by atoms with Gasteiger partial charge in [0.25, 0.3) is 0 Å². The van der Waals surface area contributed by atoms with Crippen LogP contribution in [0.5, 0.6) is 5.75 Å². The van der Waals surface area contributed by atoms with Gasteiger partial charge in [-0.25, -0.2) is 4.39 Å². The molecule has 0 amide bonds. The van der Waals surface area contributed by atoms with Crippen LogP contribution in [0.4, 0.5) is 4.39 Å². The molecule has 0 spiro atoms. The molecule has 0 saturated carbocycles. The summed E-state index contributed by atoms with van der Waals surface area (Å²) in [5, 5.41) is 3.78. The lowest BCUT2D eigenvalue weighted by molar-refractivity contribution is 0.286. The fourth-order valence-electron chi connectivity index (χ4n) is 1.47. The third-order valence-electron chi connectivity index (χ3n) is 2.23. The summed E-state index contributed by atoms with van der Waals surface area (Å²) in [7, 11) is 0. The second-order valence-corrected chi connectivity index (χ2v) is 3.72. The maximum Gasteiger partial charge on any atom is 0.134 e. The molecule has 0 radical (unpaired) electrons. The van der Waals surface area contributed by atoms with E-state index < -0.39 is 0 Å². The van der Waals surface area contributed by atoms with Gasteiger partial charge >= 0.3 is 0 Å². The Balaban J connectivity index is 2.05. The van der Waals surface area contributed by atoms with Gasteiger partial charge in [-0.3, -0.25) is 0 Å². The minimum Gasteiger partial charge on any atom is -0.487 e. The number of halogens is 1. The van der Waals surface area contributed by atoms with Crippen molar-refractivity contribution >= 4 is 0 Å². The van der Waals surface area contributed by atoms with Gasteiger partial charge in [-0.1, -0.05) is 5.16 Å². The van der Waals surface area contributed by atoms with Gasteiger partial charge in [-0.2, -0.15) is 0 Å². The van der Waals surface area contributed by atoms with E-state index in [1.165, 1.54) is 12.1 Å². The Bertz CT molecular complexity index is 511. The molecule has 0 bridgehead atoms. The highest BCUT2D eigenvalue weighted by Gasteiger charge is 2.04. The largest absolute Gasteiger partial charge is 0.487 e. The summed E-state index contributed by atoms with van der Waals surface area (Å²) >= 11 is 0. The van der Waals surface area contributed by atoms with Crippen LogP contribution >= 0.6 is 0 Å². The minimum atomic E-state index is -0.362. The van der Waals surface area contributed by atoms with Crippen molar-refractivity contribution in [1.82, 2.24) is 5.16 Å². The Labute approximate surface area is 98.2 Å². The third kappa shape index (κ3) is 3.04. The van der Waals surface area contributed by atoms with Crippen LogP contribution in [0.2, 0.25) is 0 Å². The minimum absolute atomic E-state index is 0.241. The highest BCUT2D eigenvalue weighted by atomic mass is 19.1. The molecule has 0 aliphatic rings. The number of aromatic nitrogens is 1. The zero-order chi connectivity index (χ0) is 12.3. The smallest absolute Gasteiger partial charge is 0.134 e. The van der Waals surface area contributed by atoms with Crippen molar-refractivity contribution in [1.29, 1.82) is 0 Å². The summed E-state index contributed by atoms with van der Waals surface area (Å²) in [6.07, 6.45) is 0. The Hall–Kier alpha value is -1.88. The van der Waals surface area contributed by atoms with Gasteiger partial charge in [0.15, 0.2) is 0 Å². The van der Waals surface area contributed by atoms with Crippen LogP contribution < -0.4 is 10.5 Å². The first kappa shape index (κ1) is 11.6. The lowest BCUT2D eigenvalue weighted by Gasteiger charge is -2.06. The van der Waals surface area contributed by atoms with Gasteiger partial charge in [0.1, 0.15) is 29.6 Å². The van der Waals surface area contributed by atoms with Crippen molar-refractivity contribution in [2.75, 3.05) is 0 Å². The van der Waals surface area contributed by atoms with Gasteiger partial charge in [0.2, 0.25) is 0 Å². The molecule has 0 aliphatic heterocycles. The molecule has 0 fully saturated rings. The molecule has 1 heterocycles. The van der Waals surface area contributed by atoms with Crippen molar-refractivity contribution < 1.29 is 13.7 Å². The average molecular weight is 236 g/mol. The molecule has 0 atom stereocenters. The second-order valence-electron chi connectivity index (χ2n) is 3.72. The van der Waals surface area contributed by atoms with E-state index in [-0.39, 0.29) is 19.0 Å². The van der Waals surface area contributed by atoms with Crippen molar-refractivity contribution in [2.45, 2.75) is 20.1 Å². The standard InChI is InChI=1S/C12H13FN2O2/c1-8-2-11(15-17-8)7-16-12-4-9(6-14)3-10(13)5-12/h2-5H,6-7,14H2,1H3. The van der Waals surface area contributed by atoms with E-state index in [9.17, 15) is 4.39 Å². The van der Waals surface area contributed by atoms with Gasteiger partial charge in [0, 0.05) is 18.7 Å². The van der Waals surface area contributed by atoms with E-state index in [1.807, 2.05) is 0 Å². The van der Waals surface area contributed by atoms with Crippen LogP contribution in [0.3, 0.4) is 0 Å². The number of hydrogen-bond acceptors (Lipinski definition) is 4. The quantitative estimate of drug-likeness (QED) is 0.883. The summed E-state index contributed by atoms with van der Waals surface area (Å²) < 4.78 is 23.5. The predicted octanol–water partition coefficient (Wildman–Crippen LogP) is 2.16. The van der Waals surface area contributed by atoms with E-state index >= 15 is 0 Å². The zero-order valence-electron chi connectivity index (χ0n) is 9.44. The van der Waals surface area contributed by atoms with E-state index in [0.29, 0.717) is 22.8 Å². The molecular weight excluding hydrogens is 223 g/mol. The van der Waals surface area contributed by atoms with E-state index in [2.05, 4.69) is 5.16 Å². The normalized spacial score (nSPS) is 10.5. The first-order chi connectivity index (χ1) is 8.17. The average Bonchev–Trinajstić information content (AvgIpc) is 2.72. The van der Waals surface area contributed by atoms with Gasteiger partial charge in [-0.05, 0) is 24.6 Å². The monoisotopic (exact) mass is 236 g/mol. The summed E-state index contributed by atoms with van der Waals surface area (Å²) in [4.78, 5) is 0. The van der Waals surface area contributed by atoms with Crippen LogP contribution in [0.25, 0.3) is 0 Å². The number of hydrogen-bond donors (Lipinski definition) is 1. The third-order valence-corrected chi connectivity index (χ3v) is 2.23. The summed E-state index contributed by atoms with van der Waals surface area (Å²) in [6, 6.07) is 6.17. The van der Waals surface area contributed by atoms with Crippen molar-refractivity contribution in [3.05, 3.63) is 47.1 Å². The van der Waals surface area contributed by atoms with Crippen molar-refractivity contribution in [3.63, 3.8) is 0 Å². The van der Waals surface area contributed by atoms with Gasteiger partial charge in [0.05, 0.1) is 0 Å². The fourth-order valence-corrected chi connectivity index (χ4v) is 1.47. The fraction of sp³-hybridized carbons (Fsp3) is 0.250. The molecule has 2 N–H and O–H groups in total. The maximum atomic E-state index is 13.2. The molecule has 17 heavy (non-hydrogen) atoms. The number of ether oxygens (including phenoxy) is 1. The molecule has 1 aromatic heterocycles. The molecule has 1 aromatic carbocycles. The molecular formula is C12H13FN2O2. The summed E-state index contributed by atoms with van der Waals surface area (Å²) in [6.45, 7) is 2.31. The lowest BCUT2D eigenvalue weighted by atomic mass is 10.2. The van der Waals surface area contributed by atoms with Crippen molar-refractivity contribution in [2.24, 2.45) is 5.73 Å². The highest BCUT2D eigenvalue weighted by Crippen LogP contribution is 2.17. The topological polar surface area (TPSA) is 61.3 Å². The van der Waals surface area contributed by atoms with Gasteiger partial charge in [-0.15, -0.1) is 0 Å². The number of nitrogens with two attached hydrogens (primary N) is 1.